The number of carboxylic acid groups (broad SMARTS) is 1. The number of aliphatic carboxylic acids is 1. The lowest BCUT2D eigenvalue weighted by atomic mass is 9.85. The predicted molar refractivity (Wildman–Crippen MR) is 105 cm³/mol. The lowest BCUT2D eigenvalue weighted by molar-refractivity contribution is -0.146. The first-order valence-electron chi connectivity index (χ1n) is 9.36. The summed E-state index contributed by atoms with van der Waals surface area (Å²) in [6, 6.07) is 12.6. The SMILES string of the molecule is CC(c1ccc2ccccc2c1)C1CC(C(=O)O)N(C(=O)OC(C)(C)C)C1=O. The smallest absolute Gasteiger partial charge is 0.417 e. The van der Waals surface area contributed by atoms with Gasteiger partial charge >= 0.3 is 12.1 Å². The van der Waals surface area contributed by atoms with Gasteiger partial charge in [0.15, 0.2) is 0 Å². The minimum absolute atomic E-state index is 0.0708. The van der Waals surface area contributed by atoms with Gasteiger partial charge in [-0.05, 0) is 49.4 Å². The highest BCUT2D eigenvalue weighted by atomic mass is 16.6. The van der Waals surface area contributed by atoms with E-state index in [4.69, 9.17) is 4.74 Å². The molecule has 148 valence electrons. The third kappa shape index (κ3) is 3.86. The molecule has 28 heavy (non-hydrogen) atoms. The zero-order valence-electron chi connectivity index (χ0n) is 16.5. The highest BCUT2D eigenvalue weighted by Crippen LogP contribution is 2.37. The number of benzene rings is 2. The average Bonchev–Trinajstić information content (AvgIpc) is 2.97. The molecule has 1 aliphatic rings. The number of carbonyl (C=O) groups excluding carboxylic acids is 2. The first kappa shape index (κ1) is 19.9. The van der Waals surface area contributed by atoms with Crippen LogP contribution in [0.25, 0.3) is 10.8 Å². The zero-order chi connectivity index (χ0) is 20.6. The summed E-state index contributed by atoms with van der Waals surface area (Å²) in [5, 5.41) is 11.7. The number of amides is 2. The molecule has 2 aromatic rings. The van der Waals surface area contributed by atoms with E-state index in [1.807, 2.05) is 49.4 Å². The molecular weight excluding hydrogens is 358 g/mol. The molecule has 1 fully saturated rings. The third-order valence-electron chi connectivity index (χ3n) is 5.12. The van der Waals surface area contributed by atoms with Crippen LogP contribution in [0.3, 0.4) is 0 Å². The minimum Gasteiger partial charge on any atom is -0.480 e. The number of imide groups is 1. The van der Waals surface area contributed by atoms with E-state index in [-0.39, 0.29) is 12.3 Å². The van der Waals surface area contributed by atoms with Gasteiger partial charge in [0, 0.05) is 5.92 Å². The monoisotopic (exact) mass is 383 g/mol. The average molecular weight is 383 g/mol. The first-order chi connectivity index (χ1) is 13.1. The van der Waals surface area contributed by atoms with E-state index in [1.165, 1.54) is 0 Å². The van der Waals surface area contributed by atoms with Gasteiger partial charge < -0.3 is 9.84 Å². The normalized spacial score (nSPS) is 21.0. The van der Waals surface area contributed by atoms with Crippen molar-refractivity contribution in [3.8, 4) is 0 Å². The van der Waals surface area contributed by atoms with Gasteiger partial charge in [-0.15, -0.1) is 0 Å². The van der Waals surface area contributed by atoms with Gasteiger partial charge in [-0.3, -0.25) is 4.79 Å². The van der Waals surface area contributed by atoms with E-state index in [2.05, 4.69) is 0 Å². The molecule has 2 amide bonds. The molecule has 3 atom stereocenters. The molecule has 1 aliphatic heterocycles. The Labute approximate surface area is 164 Å². The van der Waals surface area contributed by atoms with Crippen LogP contribution in [-0.2, 0) is 14.3 Å². The summed E-state index contributed by atoms with van der Waals surface area (Å²) in [5.74, 6) is -2.53. The number of nitrogens with zero attached hydrogens (tertiary/aromatic N) is 1. The van der Waals surface area contributed by atoms with Crippen molar-refractivity contribution in [3.63, 3.8) is 0 Å². The Morgan fingerprint density at radius 3 is 2.39 bits per heavy atom. The third-order valence-corrected chi connectivity index (χ3v) is 5.12. The van der Waals surface area contributed by atoms with Crippen molar-refractivity contribution in [1.82, 2.24) is 4.90 Å². The highest BCUT2D eigenvalue weighted by Gasteiger charge is 2.50. The van der Waals surface area contributed by atoms with E-state index in [0.29, 0.717) is 0 Å². The zero-order valence-corrected chi connectivity index (χ0v) is 16.5. The number of hydrogen-bond acceptors (Lipinski definition) is 4. The van der Waals surface area contributed by atoms with E-state index < -0.39 is 35.5 Å². The number of carbonyl (C=O) groups is 3. The van der Waals surface area contributed by atoms with Crippen LogP contribution in [0.2, 0.25) is 0 Å². The number of likely N-dealkylation sites (tertiary alicyclic amines) is 1. The fourth-order valence-corrected chi connectivity index (χ4v) is 3.66. The summed E-state index contributed by atoms with van der Waals surface area (Å²) < 4.78 is 5.27. The highest BCUT2D eigenvalue weighted by molar-refractivity contribution is 6.00. The molecule has 0 saturated carbocycles. The summed E-state index contributed by atoms with van der Waals surface area (Å²) in [7, 11) is 0. The van der Waals surface area contributed by atoms with Crippen molar-refractivity contribution in [2.45, 2.75) is 51.7 Å². The summed E-state index contributed by atoms with van der Waals surface area (Å²) >= 11 is 0. The Morgan fingerprint density at radius 1 is 1.14 bits per heavy atom. The van der Waals surface area contributed by atoms with Crippen molar-refractivity contribution in [2.75, 3.05) is 0 Å². The molecule has 0 radical (unpaired) electrons. The van der Waals surface area contributed by atoms with Gasteiger partial charge in [0.1, 0.15) is 11.6 Å². The molecule has 1 saturated heterocycles. The number of ether oxygens (including phenoxy) is 1. The number of rotatable bonds is 3. The lowest BCUT2D eigenvalue weighted by Crippen LogP contribution is -2.45. The second-order valence-corrected chi connectivity index (χ2v) is 8.28. The van der Waals surface area contributed by atoms with Crippen LogP contribution in [0.1, 0.15) is 45.6 Å². The van der Waals surface area contributed by atoms with Crippen LogP contribution in [0.4, 0.5) is 4.79 Å². The van der Waals surface area contributed by atoms with E-state index >= 15 is 0 Å². The molecule has 0 aliphatic carbocycles. The molecule has 6 nitrogen and oxygen atoms in total. The fourth-order valence-electron chi connectivity index (χ4n) is 3.66. The molecule has 0 bridgehead atoms. The molecule has 3 rings (SSSR count). The van der Waals surface area contributed by atoms with E-state index in [1.54, 1.807) is 20.8 Å². The second-order valence-electron chi connectivity index (χ2n) is 8.28. The standard InChI is InChI=1S/C22H25NO5/c1-13(15-10-9-14-7-5-6-8-16(14)11-15)17-12-18(20(25)26)23(19(17)24)21(27)28-22(2,3)4/h5-11,13,17-18H,12H2,1-4H3,(H,25,26). The summed E-state index contributed by atoms with van der Waals surface area (Å²) in [6.07, 6.45) is -0.834. The molecule has 1 N–H and O–H groups in total. The van der Waals surface area contributed by atoms with Crippen LogP contribution < -0.4 is 0 Å². The predicted octanol–water partition coefficient (Wildman–Crippen LogP) is 4.18. The molecule has 0 spiro atoms. The van der Waals surface area contributed by atoms with Crippen LogP contribution in [-0.4, -0.2) is 39.6 Å². The Morgan fingerprint density at radius 2 is 1.79 bits per heavy atom. The topological polar surface area (TPSA) is 83.9 Å². The summed E-state index contributed by atoms with van der Waals surface area (Å²) in [6.45, 7) is 6.92. The quantitative estimate of drug-likeness (QED) is 0.859. The van der Waals surface area contributed by atoms with Crippen LogP contribution in [0, 0.1) is 5.92 Å². The molecule has 0 aromatic heterocycles. The Hall–Kier alpha value is -2.89. The second kappa shape index (κ2) is 7.26. The molecule has 2 aromatic carbocycles. The van der Waals surface area contributed by atoms with E-state index in [9.17, 15) is 19.5 Å². The lowest BCUT2D eigenvalue weighted by Gasteiger charge is -2.26. The number of hydrogen-bond donors (Lipinski definition) is 1. The maximum absolute atomic E-state index is 13.0. The van der Waals surface area contributed by atoms with Crippen molar-refractivity contribution in [1.29, 1.82) is 0 Å². The maximum atomic E-state index is 13.0. The number of carboxylic acids is 1. The molecular formula is C22H25NO5. The molecule has 3 unspecified atom stereocenters. The summed E-state index contributed by atoms with van der Waals surface area (Å²) in [4.78, 5) is 38.0. The molecule has 6 heteroatoms. The molecule has 1 heterocycles. The van der Waals surface area contributed by atoms with Gasteiger partial charge in [-0.2, -0.15) is 0 Å². The first-order valence-corrected chi connectivity index (χ1v) is 9.36. The van der Waals surface area contributed by atoms with Crippen molar-refractivity contribution >= 4 is 28.7 Å². The van der Waals surface area contributed by atoms with Crippen molar-refractivity contribution in [2.24, 2.45) is 5.92 Å². The van der Waals surface area contributed by atoms with Crippen LogP contribution >= 0.6 is 0 Å². The Kier molecular flexibility index (Phi) is 5.15. The summed E-state index contributed by atoms with van der Waals surface area (Å²) in [5.41, 5.74) is 0.120. The number of fused-ring (bicyclic) bond motifs is 1. The minimum atomic E-state index is -1.21. The maximum Gasteiger partial charge on any atom is 0.417 e. The Bertz CT molecular complexity index is 930. The van der Waals surface area contributed by atoms with Crippen LogP contribution in [0.5, 0.6) is 0 Å². The largest absolute Gasteiger partial charge is 0.480 e. The van der Waals surface area contributed by atoms with Gasteiger partial charge in [0.05, 0.1) is 0 Å². The van der Waals surface area contributed by atoms with Crippen molar-refractivity contribution < 1.29 is 24.2 Å². The van der Waals surface area contributed by atoms with Gasteiger partial charge in [-0.1, -0.05) is 49.4 Å². The van der Waals surface area contributed by atoms with Crippen molar-refractivity contribution in [3.05, 3.63) is 48.0 Å². The Balaban J connectivity index is 1.89. The van der Waals surface area contributed by atoms with Gasteiger partial charge in [0.25, 0.3) is 0 Å². The fraction of sp³-hybridized carbons (Fsp3) is 0.409. The van der Waals surface area contributed by atoms with Gasteiger partial charge in [-0.25, -0.2) is 14.5 Å². The van der Waals surface area contributed by atoms with Crippen LogP contribution in [0.15, 0.2) is 42.5 Å². The van der Waals surface area contributed by atoms with E-state index in [0.717, 1.165) is 21.2 Å². The van der Waals surface area contributed by atoms with Gasteiger partial charge in [0.2, 0.25) is 5.91 Å².